The zero-order chi connectivity index (χ0) is 14.8. The molecule has 2 rings (SSSR count). The average Bonchev–Trinajstić information content (AvgIpc) is 2.87. The largest absolute Gasteiger partial charge is 0.480 e. The molecule has 7 heteroatoms. The van der Waals surface area contributed by atoms with Crippen LogP contribution in [0.3, 0.4) is 0 Å². The Labute approximate surface area is 121 Å². The number of nitrogens with two attached hydrogens (primary N) is 1. The van der Waals surface area contributed by atoms with Gasteiger partial charge in [-0.2, -0.15) is 0 Å². The van der Waals surface area contributed by atoms with Crippen LogP contribution in [0.15, 0.2) is 5.38 Å². The molecule has 0 aromatic carbocycles. The Balaban J connectivity index is 2.15. The molecular weight excluding hydrogens is 278 g/mol. The van der Waals surface area contributed by atoms with Crippen LogP contribution in [0.5, 0.6) is 0 Å². The van der Waals surface area contributed by atoms with Crippen LogP contribution in [0.2, 0.25) is 0 Å². The van der Waals surface area contributed by atoms with Gasteiger partial charge in [0.2, 0.25) is 0 Å². The van der Waals surface area contributed by atoms with Gasteiger partial charge >= 0.3 is 5.97 Å². The lowest BCUT2D eigenvalue weighted by atomic mass is 9.76. The molecule has 2 atom stereocenters. The van der Waals surface area contributed by atoms with Crippen molar-refractivity contribution < 1.29 is 14.7 Å². The van der Waals surface area contributed by atoms with Crippen molar-refractivity contribution in [3.8, 4) is 0 Å². The summed E-state index contributed by atoms with van der Waals surface area (Å²) in [7, 11) is 0. The van der Waals surface area contributed by atoms with Crippen LogP contribution in [-0.2, 0) is 11.3 Å². The quantitative estimate of drug-likeness (QED) is 0.778. The summed E-state index contributed by atoms with van der Waals surface area (Å²) < 4.78 is 0. The Hall–Kier alpha value is -1.47. The first-order chi connectivity index (χ1) is 9.47. The first kappa shape index (κ1) is 14.9. The molecule has 1 heterocycles. The Kier molecular flexibility index (Phi) is 4.39. The minimum absolute atomic E-state index is 0.245. The van der Waals surface area contributed by atoms with Crippen molar-refractivity contribution in [2.45, 2.75) is 44.7 Å². The third kappa shape index (κ3) is 2.99. The second-order valence-electron chi connectivity index (χ2n) is 5.37. The van der Waals surface area contributed by atoms with Gasteiger partial charge in [0.15, 0.2) is 0 Å². The van der Waals surface area contributed by atoms with Gasteiger partial charge in [0.1, 0.15) is 16.2 Å². The predicted octanol–water partition coefficient (Wildman–Crippen LogP) is 1.37. The molecule has 2 unspecified atom stereocenters. The lowest BCUT2D eigenvalue weighted by molar-refractivity contribution is -0.146. The third-order valence-corrected chi connectivity index (χ3v) is 4.59. The molecule has 1 aliphatic carbocycles. The maximum atomic E-state index is 12.2. The van der Waals surface area contributed by atoms with Gasteiger partial charge in [0.05, 0.1) is 0 Å². The van der Waals surface area contributed by atoms with Crippen molar-refractivity contribution in [1.29, 1.82) is 0 Å². The summed E-state index contributed by atoms with van der Waals surface area (Å²) in [6, 6.07) is 0. The smallest absolute Gasteiger partial charge is 0.329 e. The van der Waals surface area contributed by atoms with Crippen LogP contribution >= 0.6 is 11.3 Å². The van der Waals surface area contributed by atoms with E-state index in [0.29, 0.717) is 17.8 Å². The Morgan fingerprint density at radius 3 is 2.95 bits per heavy atom. The van der Waals surface area contributed by atoms with Crippen molar-refractivity contribution in [2.24, 2.45) is 11.7 Å². The van der Waals surface area contributed by atoms with Gasteiger partial charge in [-0.3, -0.25) is 4.79 Å². The molecule has 1 saturated carbocycles. The summed E-state index contributed by atoms with van der Waals surface area (Å²) in [5.74, 6) is -1.11. The van der Waals surface area contributed by atoms with Gasteiger partial charge in [-0.1, -0.05) is 19.8 Å². The number of aliphatic carboxylic acids is 1. The molecule has 110 valence electrons. The number of carbonyl (C=O) groups excluding carboxylic acids is 1. The highest BCUT2D eigenvalue weighted by atomic mass is 32.1. The summed E-state index contributed by atoms with van der Waals surface area (Å²) in [6.45, 7) is 2.29. The van der Waals surface area contributed by atoms with Gasteiger partial charge < -0.3 is 16.2 Å². The summed E-state index contributed by atoms with van der Waals surface area (Å²) in [5, 5.41) is 14.5. The van der Waals surface area contributed by atoms with Crippen LogP contribution < -0.4 is 11.1 Å². The molecule has 0 radical (unpaired) electrons. The molecule has 20 heavy (non-hydrogen) atoms. The van der Waals surface area contributed by atoms with E-state index in [1.54, 1.807) is 5.38 Å². The zero-order valence-corrected chi connectivity index (χ0v) is 12.2. The van der Waals surface area contributed by atoms with Crippen molar-refractivity contribution >= 4 is 23.2 Å². The van der Waals surface area contributed by atoms with Crippen molar-refractivity contribution in [1.82, 2.24) is 10.3 Å². The van der Waals surface area contributed by atoms with Gasteiger partial charge in [-0.25, -0.2) is 9.78 Å². The van der Waals surface area contributed by atoms with Crippen LogP contribution in [0.4, 0.5) is 0 Å². The topological polar surface area (TPSA) is 105 Å². The number of carboxylic acids is 1. The minimum Gasteiger partial charge on any atom is -0.480 e. The summed E-state index contributed by atoms with van der Waals surface area (Å²) >= 11 is 1.30. The first-order valence-corrected chi connectivity index (χ1v) is 7.55. The molecule has 1 aliphatic rings. The van der Waals surface area contributed by atoms with Gasteiger partial charge in [0.25, 0.3) is 5.91 Å². The predicted molar refractivity (Wildman–Crippen MR) is 75.5 cm³/mol. The van der Waals surface area contributed by atoms with E-state index in [0.717, 1.165) is 12.8 Å². The van der Waals surface area contributed by atoms with Crippen LogP contribution in [-0.4, -0.2) is 27.5 Å². The lowest BCUT2D eigenvalue weighted by Crippen LogP contribution is -2.56. The van der Waals surface area contributed by atoms with E-state index in [1.165, 1.54) is 11.3 Å². The number of amides is 1. The number of rotatable bonds is 4. The number of nitrogens with zero attached hydrogens (tertiary/aromatic N) is 1. The number of hydrogen-bond donors (Lipinski definition) is 3. The normalized spacial score (nSPS) is 26.2. The number of carboxylic acid groups (broad SMARTS) is 1. The fraction of sp³-hybridized carbons (Fsp3) is 0.615. The van der Waals surface area contributed by atoms with Gasteiger partial charge in [-0.05, 0) is 18.8 Å². The Morgan fingerprint density at radius 2 is 2.40 bits per heavy atom. The fourth-order valence-electron chi connectivity index (χ4n) is 2.70. The maximum Gasteiger partial charge on any atom is 0.329 e. The summed E-state index contributed by atoms with van der Waals surface area (Å²) in [4.78, 5) is 27.9. The number of aromatic nitrogens is 1. The number of nitrogens with one attached hydrogen (secondary N) is 1. The standard InChI is InChI=1S/C13H19N3O3S/c1-8-3-2-4-13(5-8,12(18)19)16-11(17)9-7-20-10(6-14)15-9/h7-8H,2-6,14H2,1H3,(H,16,17)(H,18,19). The molecule has 1 aromatic heterocycles. The number of hydrogen-bond acceptors (Lipinski definition) is 5. The number of carbonyl (C=O) groups is 2. The zero-order valence-electron chi connectivity index (χ0n) is 11.4. The van der Waals surface area contributed by atoms with E-state index in [4.69, 9.17) is 5.73 Å². The van der Waals surface area contributed by atoms with Crippen molar-refractivity contribution in [3.05, 3.63) is 16.1 Å². The number of thiazole rings is 1. The average molecular weight is 297 g/mol. The van der Waals surface area contributed by atoms with E-state index >= 15 is 0 Å². The fourth-order valence-corrected chi connectivity index (χ4v) is 3.36. The van der Waals surface area contributed by atoms with E-state index in [-0.39, 0.29) is 18.2 Å². The van der Waals surface area contributed by atoms with Gasteiger partial charge in [-0.15, -0.1) is 11.3 Å². The van der Waals surface area contributed by atoms with Crippen molar-refractivity contribution in [3.63, 3.8) is 0 Å². The summed E-state index contributed by atoms with van der Waals surface area (Å²) in [5.41, 5.74) is 4.54. The maximum absolute atomic E-state index is 12.2. The highest BCUT2D eigenvalue weighted by Crippen LogP contribution is 2.32. The molecule has 6 nitrogen and oxygen atoms in total. The Bertz CT molecular complexity index is 517. The highest BCUT2D eigenvalue weighted by Gasteiger charge is 2.43. The second kappa shape index (κ2) is 5.88. The van der Waals surface area contributed by atoms with Crippen LogP contribution in [0.25, 0.3) is 0 Å². The molecule has 1 fully saturated rings. The van der Waals surface area contributed by atoms with E-state index in [9.17, 15) is 14.7 Å². The third-order valence-electron chi connectivity index (χ3n) is 3.72. The molecule has 0 saturated heterocycles. The Morgan fingerprint density at radius 1 is 1.65 bits per heavy atom. The highest BCUT2D eigenvalue weighted by molar-refractivity contribution is 7.09. The lowest BCUT2D eigenvalue weighted by Gasteiger charge is -2.36. The van der Waals surface area contributed by atoms with E-state index in [1.807, 2.05) is 6.92 Å². The van der Waals surface area contributed by atoms with Crippen LogP contribution in [0.1, 0.15) is 48.1 Å². The minimum atomic E-state index is -1.17. The van der Waals surface area contributed by atoms with Gasteiger partial charge in [0, 0.05) is 11.9 Å². The summed E-state index contributed by atoms with van der Waals surface area (Å²) in [6.07, 6.45) is 2.73. The SMILES string of the molecule is CC1CCCC(NC(=O)c2csc(CN)n2)(C(=O)O)C1. The molecule has 0 aliphatic heterocycles. The molecular formula is C13H19N3O3S. The molecule has 0 bridgehead atoms. The van der Waals surface area contributed by atoms with Crippen LogP contribution in [0, 0.1) is 5.92 Å². The first-order valence-electron chi connectivity index (χ1n) is 6.67. The van der Waals surface area contributed by atoms with Crippen molar-refractivity contribution in [2.75, 3.05) is 0 Å². The molecule has 4 N–H and O–H groups in total. The second-order valence-corrected chi connectivity index (χ2v) is 6.32. The molecule has 1 aromatic rings. The molecule has 0 spiro atoms. The molecule has 1 amide bonds. The van der Waals surface area contributed by atoms with E-state index < -0.39 is 17.4 Å². The van der Waals surface area contributed by atoms with E-state index in [2.05, 4.69) is 10.3 Å². The monoisotopic (exact) mass is 297 g/mol.